The number of aromatic nitrogens is 2. The second-order valence-electron chi connectivity index (χ2n) is 6.93. The second kappa shape index (κ2) is 10.5. The predicted molar refractivity (Wildman–Crippen MR) is 116 cm³/mol. The molecule has 2 amide bonds. The number of anilines is 1. The quantitative estimate of drug-likeness (QED) is 0.505. The molecule has 0 unspecified atom stereocenters. The third-order valence-corrected chi connectivity index (χ3v) is 4.57. The number of nitrogens with one attached hydrogen (secondary N) is 2. The monoisotopic (exact) mass is 424 g/mol. The Labute approximate surface area is 180 Å². The van der Waals surface area contributed by atoms with Gasteiger partial charge in [-0.15, -0.1) is 0 Å². The van der Waals surface area contributed by atoms with Gasteiger partial charge in [0.05, 0.1) is 18.0 Å². The van der Waals surface area contributed by atoms with Gasteiger partial charge in [0.15, 0.2) is 0 Å². The molecule has 2 aromatic carbocycles. The molecule has 2 N–H and O–H groups in total. The second-order valence-corrected chi connectivity index (χ2v) is 6.93. The number of carbonyl (C=O) groups is 2. The molecule has 1 aromatic heterocycles. The minimum absolute atomic E-state index is 0.140. The molecule has 0 bridgehead atoms. The summed E-state index contributed by atoms with van der Waals surface area (Å²) in [4.78, 5) is 29.1. The van der Waals surface area contributed by atoms with Gasteiger partial charge < -0.3 is 5.32 Å². The van der Waals surface area contributed by atoms with Crippen molar-refractivity contribution in [2.45, 2.75) is 33.1 Å². The minimum Gasteiger partial charge on any atom is -0.310 e. The van der Waals surface area contributed by atoms with Crippen LogP contribution in [0.4, 0.5) is 10.2 Å². The summed E-state index contributed by atoms with van der Waals surface area (Å²) in [6.45, 7) is 3.98. The van der Waals surface area contributed by atoms with Crippen LogP contribution in [-0.4, -0.2) is 28.2 Å². The van der Waals surface area contributed by atoms with Crippen molar-refractivity contribution in [3.8, 4) is 16.8 Å². The number of amides is 2. The first-order valence-electron chi connectivity index (χ1n) is 10.1. The van der Waals surface area contributed by atoms with E-state index in [4.69, 9.17) is 4.84 Å². The van der Waals surface area contributed by atoms with Crippen molar-refractivity contribution in [3.05, 3.63) is 66.1 Å². The molecular formula is C23H25FN4O3. The Morgan fingerprint density at radius 1 is 1.06 bits per heavy atom. The topological polar surface area (TPSA) is 85.2 Å². The molecule has 0 aliphatic carbocycles. The van der Waals surface area contributed by atoms with E-state index in [1.165, 1.54) is 16.8 Å². The number of rotatable bonds is 9. The zero-order valence-corrected chi connectivity index (χ0v) is 17.5. The Balaban J connectivity index is 1.85. The van der Waals surface area contributed by atoms with Crippen molar-refractivity contribution in [2.75, 3.05) is 11.9 Å². The summed E-state index contributed by atoms with van der Waals surface area (Å²) in [5.41, 5.74) is 5.14. The molecule has 0 aliphatic heterocycles. The molecular weight excluding hydrogens is 399 g/mol. The van der Waals surface area contributed by atoms with Crippen molar-refractivity contribution in [1.82, 2.24) is 15.3 Å². The summed E-state index contributed by atoms with van der Waals surface area (Å²) in [7, 11) is 0. The van der Waals surface area contributed by atoms with Crippen molar-refractivity contribution in [2.24, 2.45) is 0 Å². The molecule has 8 heteroatoms. The average Bonchev–Trinajstić information content (AvgIpc) is 3.08. The molecule has 0 fully saturated rings. The number of halogens is 1. The van der Waals surface area contributed by atoms with Gasteiger partial charge in [-0.2, -0.15) is 5.10 Å². The Morgan fingerprint density at radius 3 is 2.52 bits per heavy atom. The average molecular weight is 424 g/mol. The number of aryl methyl sites for hydroxylation is 1. The maximum atomic E-state index is 13.8. The highest BCUT2D eigenvalue weighted by atomic mass is 19.1. The molecule has 3 aromatic rings. The van der Waals surface area contributed by atoms with Gasteiger partial charge in [0.2, 0.25) is 11.8 Å². The Hall–Kier alpha value is -3.52. The first kappa shape index (κ1) is 22.2. The Morgan fingerprint density at radius 2 is 1.81 bits per heavy atom. The van der Waals surface area contributed by atoms with E-state index in [0.717, 1.165) is 11.1 Å². The Kier molecular flexibility index (Phi) is 7.50. The van der Waals surface area contributed by atoms with Crippen LogP contribution in [0.2, 0.25) is 0 Å². The zero-order chi connectivity index (χ0) is 22.2. The number of hydrogen-bond acceptors (Lipinski definition) is 4. The highest BCUT2D eigenvalue weighted by molar-refractivity contribution is 5.95. The van der Waals surface area contributed by atoms with Gasteiger partial charge in [0, 0.05) is 18.4 Å². The summed E-state index contributed by atoms with van der Waals surface area (Å²) in [6, 6.07) is 15.6. The molecule has 0 radical (unpaired) electrons. The standard InChI is InChI=1S/C23H25FN4O3/c1-3-31-27-21(30)14-8-13-20(29)25-23-22(17-9-5-4-6-10-17)16(2)26-28(23)19-12-7-11-18(24)15-19/h4-7,9-12,15H,3,8,13-14H2,1-2H3,(H,25,29)(H,27,30). The Bertz CT molecular complexity index is 1050. The van der Waals surface area contributed by atoms with E-state index in [9.17, 15) is 14.0 Å². The van der Waals surface area contributed by atoms with Gasteiger partial charge in [0.25, 0.3) is 0 Å². The molecule has 0 saturated heterocycles. The normalized spacial score (nSPS) is 10.7. The van der Waals surface area contributed by atoms with E-state index < -0.39 is 5.82 Å². The van der Waals surface area contributed by atoms with E-state index in [2.05, 4.69) is 15.9 Å². The lowest BCUT2D eigenvalue weighted by Gasteiger charge is -2.12. The van der Waals surface area contributed by atoms with Crippen molar-refractivity contribution >= 4 is 17.6 Å². The molecule has 162 valence electrons. The summed E-state index contributed by atoms with van der Waals surface area (Å²) in [5.74, 6) is -0.484. The number of hydroxylamine groups is 1. The summed E-state index contributed by atoms with van der Waals surface area (Å²) < 4.78 is 15.4. The molecule has 0 saturated carbocycles. The van der Waals surface area contributed by atoms with E-state index in [1.807, 2.05) is 37.3 Å². The maximum Gasteiger partial charge on any atom is 0.243 e. The van der Waals surface area contributed by atoms with Gasteiger partial charge in [-0.1, -0.05) is 36.4 Å². The largest absolute Gasteiger partial charge is 0.310 e. The fourth-order valence-corrected chi connectivity index (χ4v) is 3.20. The molecule has 7 nitrogen and oxygen atoms in total. The van der Waals surface area contributed by atoms with Crippen LogP contribution in [0.5, 0.6) is 0 Å². The highest BCUT2D eigenvalue weighted by Crippen LogP contribution is 2.33. The van der Waals surface area contributed by atoms with Crippen molar-refractivity contribution < 1.29 is 18.8 Å². The van der Waals surface area contributed by atoms with Gasteiger partial charge in [0.1, 0.15) is 11.6 Å². The fraction of sp³-hybridized carbons (Fsp3) is 0.261. The third kappa shape index (κ3) is 5.76. The van der Waals surface area contributed by atoms with Crippen LogP contribution in [0.25, 0.3) is 16.8 Å². The summed E-state index contributed by atoms with van der Waals surface area (Å²) in [6.07, 6.45) is 0.667. The molecule has 0 aliphatic rings. The lowest BCUT2D eigenvalue weighted by Crippen LogP contribution is -2.23. The van der Waals surface area contributed by atoms with Crippen LogP contribution in [0.3, 0.4) is 0 Å². The van der Waals surface area contributed by atoms with Crippen molar-refractivity contribution in [1.29, 1.82) is 0 Å². The number of hydrogen-bond donors (Lipinski definition) is 2. The summed E-state index contributed by atoms with van der Waals surface area (Å²) in [5, 5.41) is 7.46. The van der Waals surface area contributed by atoms with Crippen LogP contribution < -0.4 is 10.8 Å². The number of nitrogens with zero attached hydrogens (tertiary/aromatic N) is 2. The molecule has 0 spiro atoms. The molecule has 1 heterocycles. The van der Waals surface area contributed by atoms with Crippen molar-refractivity contribution in [3.63, 3.8) is 0 Å². The van der Waals surface area contributed by atoms with E-state index in [1.54, 1.807) is 19.1 Å². The summed E-state index contributed by atoms with van der Waals surface area (Å²) >= 11 is 0. The number of benzene rings is 2. The first-order chi connectivity index (χ1) is 15.0. The van der Waals surface area contributed by atoms with E-state index in [-0.39, 0.29) is 24.7 Å². The van der Waals surface area contributed by atoms with Crippen LogP contribution in [-0.2, 0) is 14.4 Å². The number of carbonyl (C=O) groups excluding carboxylic acids is 2. The van der Waals surface area contributed by atoms with Crippen LogP contribution >= 0.6 is 0 Å². The van der Waals surface area contributed by atoms with E-state index in [0.29, 0.717) is 30.2 Å². The van der Waals surface area contributed by atoms with E-state index >= 15 is 0 Å². The fourth-order valence-electron chi connectivity index (χ4n) is 3.20. The zero-order valence-electron chi connectivity index (χ0n) is 17.5. The predicted octanol–water partition coefficient (Wildman–Crippen LogP) is 4.16. The van der Waals surface area contributed by atoms with Gasteiger partial charge in [-0.05, 0) is 44.0 Å². The lowest BCUT2D eigenvalue weighted by molar-refractivity contribution is -0.133. The van der Waals surface area contributed by atoms with Gasteiger partial charge >= 0.3 is 0 Å². The SMILES string of the molecule is CCONC(=O)CCCC(=O)Nc1c(-c2ccccc2)c(C)nn1-c1cccc(F)c1. The third-order valence-electron chi connectivity index (χ3n) is 4.57. The van der Waals surface area contributed by atoms with Crippen LogP contribution in [0.15, 0.2) is 54.6 Å². The van der Waals surface area contributed by atoms with Crippen LogP contribution in [0.1, 0.15) is 31.9 Å². The molecule has 3 rings (SSSR count). The minimum atomic E-state index is -0.399. The highest BCUT2D eigenvalue weighted by Gasteiger charge is 2.20. The van der Waals surface area contributed by atoms with Gasteiger partial charge in [-0.3, -0.25) is 14.4 Å². The van der Waals surface area contributed by atoms with Crippen LogP contribution in [0, 0.1) is 12.7 Å². The molecule has 0 atom stereocenters. The molecule has 31 heavy (non-hydrogen) atoms. The maximum absolute atomic E-state index is 13.8. The first-order valence-corrected chi connectivity index (χ1v) is 10.1. The smallest absolute Gasteiger partial charge is 0.243 e. The lowest BCUT2D eigenvalue weighted by atomic mass is 10.1. The van der Waals surface area contributed by atoms with Gasteiger partial charge in [-0.25, -0.2) is 14.6 Å².